The molecule has 7 nitrogen and oxygen atoms in total. The van der Waals surface area contributed by atoms with Gasteiger partial charge in [-0.05, 0) is 36.8 Å². The molecule has 2 aromatic heterocycles. The van der Waals surface area contributed by atoms with Crippen LogP contribution in [0.25, 0.3) is 16.7 Å². The van der Waals surface area contributed by atoms with Crippen LogP contribution in [0.3, 0.4) is 0 Å². The maximum Gasteiger partial charge on any atom is 0.242 e. The van der Waals surface area contributed by atoms with Gasteiger partial charge < -0.3 is 5.32 Å². The number of para-hydroxylation sites is 1. The molecule has 2 heterocycles. The van der Waals surface area contributed by atoms with Crippen molar-refractivity contribution in [3.63, 3.8) is 0 Å². The zero-order chi connectivity index (χ0) is 24.2. The molecule has 0 saturated carbocycles. The first kappa shape index (κ1) is 22.5. The highest BCUT2D eigenvalue weighted by Crippen LogP contribution is 2.38. The molecule has 0 spiro atoms. The van der Waals surface area contributed by atoms with Crippen molar-refractivity contribution in [2.45, 2.75) is 17.2 Å². The van der Waals surface area contributed by atoms with Crippen molar-refractivity contribution in [1.82, 2.24) is 19.7 Å². The Bertz CT molecular complexity index is 1500. The van der Waals surface area contributed by atoms with Crippen molar-refractivity contribution >= 4 is 40.2 Å². The van der Waals surface area contributed by atoms with E-state index in [0.717, 1.165) is 16.6 Å². The topological polar surface area (TPSA) is 89.8 Å². The maximum atomic E-state index is 13.5. The van der Waals surface area contributed by atoms with E-state index in [4.69, 9.17) is 0 Å². The number of benzene rings is 3. The van der Waals surface area contributed by atoms with Crippen molar-refractivity contribution in [3.05, 3.63) is 109 Å². The fourth-order valence-electron chi connectivity index (χ4n) is 3.71. The highest BCUT2D eigenvalue weighted by Gasteiger charge is 2.25. The smallest absolute Gasteiger partial charge is 0.242 e. The Morgan fingerprint density at radius 2 is 1.66 bits per heavy atom. The fourth-order valence-corrected chi connectivity index (χ4v) is 4.77. The van der Waals surface area contributed by atoms with Gasteiger partial charge in [-0.1, -0.05) is 72.4 Å². The normalized spacial score (nSPS) is 11.8. The Labute approximate surface area is 206 Å². The zero-order valence-corrected chi connectivity index (χ0v) is 19.6. The Morgan fingerprint density at radius 1 is 0.914 bits per heavy atom. The van der Waals surface area contributed by atoms with Gasteiger partial charge in [0, 0.05) is 11.3 Å². The summed E-state index contributed by atoms with van der Waals surface area (Å²) in [5, 5.41) is 8.29. The summed E-state index contributed by atoms with van der Waals surface area (Å²) in [6.45, 7) is 1.50. The Morgan fingerprint density at radius 3 is 2.40 bits per heavy atom. The standard InChI is InChI=1S/C27H21N5O2S/c1-18(33)20-11-8-12-21(15-20)31-26(34)24(19-9-4-2-5-10-19)35-27-23-16-30-32(25(23)28-17-29-27)22-13-6-3-7-14-22/h2-17,24H,1H3,(H,31,34). The first-order chi connectivity index (χ1) is 17.1. The van der Waals surface area contributed by atoms with Crippen LogP contribution in [0.15, 0.2) is 102 Å². The molecular weight excluding hydrogens is 458 g/mol. The number of rotatable bonds is 7. The number of hydrogen-bond acceptors (Lipinski definition) is 6. The highest BCUT2D eigenvalue weighted by atomic mass is 32.2. The Kier molecular flexibility index (Phi) is 6.36. The fraction of sp³-hybridized carbons (Fsp3) is 0.0741. The minimum absolute atomic E-state index is 0.0612. The van der Waals surface area contributed by atoms with E-state index in [1.54, 1.807) is 35.1 Å². The molecule has 35 heavy (non-hydrogen) atoms. The van der Waals surface area contributed by atoms with E-state index in [9.17, 15) is 9.59 Å². The molecule has 1 atom stereocenters. The number of Topliss-reactive ketones (excluding diaryl/α,β-unsaturated/α-hetero) is 1. The second-order valence-electron chi connectivity index (χ2n) is 7.84. The van der Waals surface area contributed by atoms with Gasteiger partial charge in [-0.15, -0.1) is 0 Å². The average molecular weight is 480 g/mol. The van der Waals surface area contributed by atoms with E-state index in [1.165, 1.54) is 25.0 Å². The zero-order valence-electron chi connectivity index (χ0n) is 18.8. The van der Waals surface area contributed by atoms with Gasteiger partial charge in [0.25, 0.3) is 0 Å². The van der Waals surface area contributed by atoms with Gasteiger partial charge in [-0.25, -0.2) is 14.6 Å². The molecule has 3 aromatic carbocycles. The van der Waals surface area contributed by atoms with E-state index in [-0.39, 0.29) is 11.7 Å². The van der Waals surface area contributed by atoms with Gasteiger partial charge in [0.1, 0.15) is 16.6 Å². The number of hydrogen-bond donors (Lipinski definition) is 1. The van der Waals surface area contributed by atoms with Crippen LogP contribution in [-0.4, -0.2) is 31.4 Å². The van der Waals surface area contributed by atoms with E-state index >= 15 is 0 Å². The van der Waals surface area contributed by atoms with Crippen LogP contribution in [0.5, 0.6) is 0 Å². The highest BCUT2D eigenvalue weighted by molar-refractivity contribution is 8.00. The minimum atomic E-state index is -0.588. The van der Waals surface area contributed by atoms with Gasteiger partial charge in [0.2, 0.25) is 5.91 Å². The maximum absolute atomic E-state index is 13.5. The molecule has 5 rings (SSSR count). The molecule has 0 radical (unpaired) electrons. The lowest BCUT2D eigenvalue weighted by molar-refractivity contribution is -0.115. The lowest BCUT2D eigenvalue weighted by atomic mass is 10.1. The molecule has 1 amide bonds. The predicted octanol–water partition coefficient (Wildman–Crippen LogP) is 5.49. The number of amides is 1. The molecule has 172 valence electrons. The van der Waals surface area contributed by atoms with E-state index in [2.05, 4.69) is 20.4 Å². The average Bonchev–Trinajstić information content (AvgIpc) is 3.33. The number of nitrogens with one attached hydrogen (secondary N) is 1. The summed E-state index contributed by atoms with van der Waals surface area (Å²) >= 11 is 1.33. The van der Waals surface area contributed by atoms with Crippen molar-refractivity contribution < 1.29 is 9.59 Å². The summed E-state index contributed by atoms with van der Waals surface area (Å²) in [4.78, 5) is 34.2. The molecule has 5 aromatic rings. The molecule has 1 unspecified atom stereocenters. The first-order valence-corrected chi connectivity index (χ1v) is 11.9. The van der Waals surface area contributed by atoms with Gasteiger partial charge >= 0.3 is 0 Å². The van der Waals surface area contributed by atoms with Gasteiger partial charge in [-0.3, -0.25) is 9.59 Å². The summed E-state index contributed by atoms with van der Waals surface area (Å²) < 4.78 is 1.76. The van der Waals surface area contributed by atoms with Crippen molar-refractivity contribution in [2.75, 3.05) is 5.32 Å². The number of ketones is 1. The molecular formula is C27H21N5O2S. The van der Waals surface area contributed by atoms with Gasteiger partial charge in [-0.2, -0.15) is 5.10 Å². The Balaban J connectivity index is 1.49. The van der Waals surface area contributed by atoms with Crippen molar-refractivity contribution in [2.24, 2.45) is 0 Å². The van der Waals surface area contributed by atoms with Gasteiger partial charge in [0.05, 0.1) is 17.3 Å². The molecule has 0 aliphatic rings. The Hall–Kier alpha value is -4.30. The summed E-state index contributed by atoms with van der Waals surface area (Å²) in [6.07, 6.45) is 3.21. The largest absolute Gasteiger partial charge is 0.325 e. The third kappa shape index (κ3) is 4.83. The van der Waals surface area contributed by atoms with E-state index in [1.807, 2.05) is 60.7 Å². The molecule has 0 saturated heterocycles. The second kappa shape index (κ2) is 9.90. The van der Waals surface area contributed by atoms with Crippen LogP contribution in [0.4, 0.5) is 5.69 Å². The van der Waals surface area contributed by atoms with Crippen molar-refractivity contribution in [3.8, 4) is 5.69 Å². The molecule has 0 aliphatic carbocycles. The predicted molar refractivity (Wildman–Crippen MR) is 137 cm³/mol. The van der Waals surface area contributed by atoms with Crippen LogP contribution in [0.1, 0.15) is 28.1 Å². The summed E-state index contributed by atoms with van der Waals surface area (Å²) in [5.74, 6) is -0.280. The summed E-state index contributed by atoms with van der Waals surface area (Å²) in [5.41, 5.74) is 3.49. The molecule has 0 bridgehead atoms. The monoisotopic (exact) mass is 479 g/mol. The van der Waals surface area contributed by atoms with Crippen LogP contribution in [0, 0.1) is 0 Å². The molecule has 8 heteroatoms. The number of carbonyl (C=O) groups is 2. The van der Waals surface area contributed by atoms with Crippen LogP contribution in [-0.2, 0) is 4.79 Å². The lowest BCUT2D eigenvalue weighted by Gasteiger charge is -2.17. The number of aromatic nitrogens is 4. The third-order valence-corrected chi connectivity index (χ3v) is 6.71. The number of thioether (sulfide) groups is 1. The van der Waals surface area contributed by atoms with E-state index < -0.39 is 5.25 Å². The summed E-state index contributed by atoms with van der Waals surface area (Å²) in [7, 11) is 0. The number of fused-ring (bicyclic) bond motifs is 1. The van der Waals surface area contributed by atoms with Crippen LogP contribution in [0.2, 0.25) is 0 Å². The molecule has 0 aliphatic heterocycles. The SMILES string of the molecule is CC(=O)c1cccc(NC(=O)C(Sc2ncnc3c2cnn3-c2ccccc2)c2ccccc2)c1. The van der Waals surface area contributed by atoms with E-state index in [0.29, 0.717) is 21.9 Å². The number of anilines is 1. The molecule has 1 N–H and O–H groups in total. The van der Waals surface area contributed by atoms with Crippen LogP contribution >= 0.6 is 11.8 Å². The quantitative estimate of drug-likeness (QED) is 0.189. The minimum Gasteiger partial charge on any atom is -0.325 e. The van der Waals surface area contributed by atoms with Gasteiger partial charge in [0.15, 0.2) is 11.4 Å². The number of carbonyl (C=O) groups excluding carboxylic acids is 2. The third-order valence-electron chi connectivity index (χ3n) is 5.44. The second-order valence-corrected chi connectivity index (χ2v) is 8.94. The van der Waals surface area contributed by atoms with Crippen LogP contribution < -0.4 is 5.32 Å². The summed E-state index contributed by atoms with van der Waals surface area (Å²) in [6, 6.07) is 26.2. The number of nitrogens with zero attached hydrogens (tertiary/aromatic N) is 4. The van der Waals surface area contributed by atoms with Crippen molar-refractivity contribution in [1.29, 1.82) is 0 Å². The lowest BCUT2D eigenvalue weighted by Crippen LogP contribution is -2.19. The molecule has 0 fully saturated rings. The first-order valence-electron chi connectivity index (χ1n) is 11.0.